The van der Waals surface area contributed by atoms with Gasteiger partial charge in [-0.25, -0.2) is 0 Å². The number of hydrogen-bond donors (Lipinski definition) is 0. The van der Waals surface area contributed by atoms with Gasteiger partial charge in [-0.2, -0.15) is 0 Å². The van der Waals surface area contributed by atoms with Crippen molar-refractivity contribution >= 4 is 16.4 Å². The zero-order chi connectivity index (χ0) is 13.1. The molecule has 1 fully saturated rings. The fourth-order valence-corrected chi connectivity index (χ4v) is 4.60. The molecule has 1 saturated carbocycles. The van der Waals surface area contributed by atoms with Gasteiger partial charge in [0.15, 0.2) is 0 Å². The van der Waals surface area contributed by atoms with Crippen molar-refractivity contribution in [2.24, 2.45) is 5.92 Å². The van der Waals surface area contributed by atoms with Crippen molar-refractivity contribution in [3.05, 3.63) is 11.5 Å². The molecule has 1 rings (SSSR count). The van der Waals surface area contributed by atoms with Crippen molar-refractivity contribution < 1.29 is 4.43 Å². The van der Waals surface area contributed by atoms with E-state index >= 15 is 0 Å². The maximum absolute atomic E-state index is 6.39. The fourth-order valence-electron chi connectivity index (χ4n) is 2.40. The molecule has 0 unspecified atom stereocenters. The zero-order valence-corrected chi connectivity index (χ0v) is 14.6. The zero-order valence-electron chi connectivity index (χ0n) is 12.6. The second-order valence-corrected chi connectivity index (χ2v) is 16.9. The first kappa shape index (κ1) is 15.0. The van der Waals surface area contributed by atoms with Gasteiger partial charge in [0.2, 0.25) is 8.32 Å². The molecule has 0 bridgehead atoms. The van der Waals surface area contributed by atoms with Gasteiger partial charge >= 0.3 is 0 Å². The predicted molar refractivity (Wildman–Crippen MR) is 82.4 cm³/mol. The highest BCUT2D eigenvalue weighted by molar-refractivity contribution is 6.81. The number of rotatable bonds is 4. The topological polar surface area (TPSA) is 9.23 Å². The van der Waals surface area contributed by atoms with E-state index in [9.17, 15) is 0 Å². The summed E-state index contributed by atoms with van der Waals surface area (Å²) in [5, 5.41) is 0. The van der Waals surface area contributed by atoms with Crippen LogP contribution in [0, 0.1) is 5.92 Å². The van der Waals surface area contributed by atoms with Gasteiger partial charge in [-0.3, -0.25) is 0 Å². The highest BCUT2D eigenvalue weighted by Crippen LogP contribution is 2.32. The third-order valence-corrected chi connectivity index (χ3v) is 5.01. The van der Waals surface area contributed by atoms with E-state index in [1.54, 1.807) is 0 Å². The van der Waals surface area contributed by atoms with Gasteiger partial charge in [-0.1, -0.05) is 44.6 Å². The quantitative estimate of drug-likeness (QED) is 0.505. The Morgan fingerprint density at radius 2 is 1.47 bits per heavy atom. The van der Waals surface area contributed by atoms with Crippen molar-refractivity contribution in [3.8, 4) is 0 Å². The average Bonchev–Trinajstić information content (AvgIpc) is 2.14. The highest BCUT2D eigenvalue weighted by atomic mass is 28.4. The molecule has 0 saturated heterocycles. The van der Waals surface area contributed by atoms with Crippen LogP contribution in [0.3, 0.4) is 0 Å². The molecule has 0 amide bonds. The molecule has 0 heterocycles. The lowest BCUT2D eigenvalue weighted by atomic mass is 9.88. The van der Waals surface area contributed by atoms with Gasteiger partial charge in [-0.15, -0.1) is 0 Å². The van der Waals surface area contributed by atoms with Crippen LogP contribution >= 0.6 is 0 Å². The molecule has 0 aromatic carbocycles. The van der Waals surface area contributed by atoms with Crippen molar-refractivity contribution in [3.63, 3.8) is 0 Å². The van der Waals surface area contributed by atoms with Crippen LogP contribution in [0.2, 0.25) is 39.3 Å². The van der Waals surface area contributed by atoms with E-state index in [1.165, 1.54) is 37.9 Å². The Kier molecular flexibility index (Phi) is 5.08. The third-order valence-electron chi connectivity index (χ3n) is 3.01. The molecule has 0 spiro atoms. The summed E-state index contributed by atoms with van der Waals surface area (Å²) in [4.78, 5) is 0. The van der Waals surface area contributed by atoms with Crippen LogP contribution in [-0.4, -0.2) is 16.4 Å². The average molecular weight is 271 g/mol. The van der Waals surface area contributed by atoms with Crippen LogP contribution in [0.1, 0.15) is 32.1 Å². The van der Waals surface area contributed by atoms with Crippen LogP contribution in [0.5, 0.6) is 0 Å². The molecule has 0 atom stereocenters. The standard InChI is InChI=1S/C14H30OSi2/c1-16(2,3)12-14(15-17(4,5)6)13-10-8-7-9-11-13/h12-13H,7-11H2,1-6H3/b14-12-. The molecule has 0 aliphatic heterocycles. The second-order valence-electron chi connectivity index (χ2n) is 7.46. The lowest BCUT2D eigenvalue weighted by Gasteiger charge is -2.31. The molecule has 1 aliphatic carbocycles. The Balaban J connectivity index is 2.81. The van der Waals surface area contributed by atoms with Crippen LogP contribution in [0.15, 0.2) is 11.5 Å². The van der Waals surface area contributed by atoms with Crippen molar-refractivity contribution in [2.45, 2.75) is 71.4 Å². The lowest BCUT2D eigenvalue weighted by molar-refractivity contribution is 0.286. The molecule has 0 radical (unpaired) electrons. The van der Waals surface area contributed by atoms with E-state index < -0.39 is 16.4 Å². The molecule has 0 N–H and O–H groups in total. The molecule has 0 aromatic heterocycles. The Morgan fingerprint density at radius 3 is 1.88 bits per heavy atom. The fraction of sp³-hybridized carbons (Fsp3) is 0.857. The van der Waals surface area contributed by atoms with Crippen LogP contribution in [0.25, 0.3) is 0 Å². The minimum absolute atomic E-state index is 0.724. The minimum Gasteiger partial charge on any atom is -0.548 e. The van der Waals surface area contributed by atoms with Gasteiger partial charge in [-0.05, 0) is 32.5 Å². The van der Waals surface area contributed by atoms with E-state index in [0.717, 1.165) is 5.92 Å². The Labute approximate surface area is 110 Å². The van der Waals surface area contributed by atoms with E-state index in [1.807, 2.05) is 0 Å². The lowest BCUT2D eigenvalue weighted by Crippen LogP contribution is -2.30. The molecule has 1 nitrogen and oxygen atoms in total. The molecule has 3 heteroatoms. The first-order valence-electron chi connectivity index (χ1n) is 7.09. The Hall–Kier alpha value is -0.0262. The summed E-state index contributed by atoms with van der Waals surface area (Å²) in [5.74, 6) is 2.09. The molecule has 100 valence electrons. The van der Waals surface area contributed by atoms with Gasteiger partial charge in [0.1, 0.15) is 0 Å². The molecule has 1 aliphatic rings. The summed E-state index contributed by atoms with van der Waals surface area (Å²) < 4.78 is 6.39. The van der Waals surface area contributed by atoms with Crippen molar-refractivity contribution in [1.82, 2.24) is 0 Å². The largest absolute Gasteiger partial charge is 0.548 e. The maximum Gasteiger partial charge on any atom is 0.241 e. The molecule has 0 aromatic rings. The smallest absolute Gasteiger partial charge is 0.241 e. The van der Waals surface area contributed by atoms with E-state index in [-0.39, 0.29) is 0 Å². The van der Waals surface area contributed by atoms with Crippen LogP contribution in [0.4, 0.5) is 0 Å². The van der Waals surface area contributed by atoms with Gasteiger partial charge in [0.05, 0.1) is 13.8 Å². The summed E-state index contributed by atoms with van der Waals surface area (Å²) in [6.45, 7) is 14.1. The number of allylic oxidation sites excluding steroid dienone is 1. The summed E-state index contributed by atoms with van der Waals surface area (Å²) in [7, 11) is -2.62. The van der Waals surface area contributed by atoms with Gasteiger partial charge in [0.25, 0.3) is 0 Å². The van der Waals surface area contributed by atoms with E-state index in [0.29, 0.717) is 0 Å². The second kappa shape index (κ2) is 5.74. The van der Waals surface area contributed by atoms with E-state index in [4.69, 9.17) is 4.43 Å². The third kappa shape index (κ3) is 6.46. The minimum atomic E-state index is -1.45. The first-order chi connectivity index (χ1) is 7.67. The van der Waals surface area contributed by atoms with Crippen molar-refractivity contribution in [2.75, 3.05) is 0 Å². The highest BCUT2D eigenvalue weighted by Gasteiger charge is 2.26. The summed E-state index contributed by atoms with van der Waals surface area (Å²) >= 11 is 0. The monoisotopic (exact) mass is 270 g/mol. The predicted octanol–water partition coefficient (Wildman–Crippen LogP) is 5.18. The van der Waals surface area contributed by atoms with Crippen LogP contribution in [-0.2, 0) is 4.43 Å². The number of hydrogen-bond acceptors (Lipinski definition) is 1. The summed E-state index contributed by atoms with van der Waals surface area (Å²) in [6, 6.07) is 0. The SMILES string of the molecule is C[Si](C)(C)/C=C(\O[Si](C)(C)C)C1CCCCC1. The Morgan fingerprint density at radius 1 is 0.941 bits per heavy atom. The molecular weight excluding hydrogens is 240 g/mol. The summed E-state index contributed by atoms with van der Waals surface area (Å²) in [5.41, 5.74) is 2.52. The molecular formula is C14H30OSi2. The van der Waals surface area contributed by atoms with Gasteiger partial charge in [0, 0.05) is 5.92 Å². The summed E-state index contributed by atoms with van der Waals surface area (Å²) in [6.07, 6.45) is 6.90. The normalized spacial score (nSPS) is 20.5. The molecule has 17 heavy (non-hydrogen) atoms. The Bertz CT molecular complexity index is 265. The van der Waals surface area contributed by atoms with Gasteiger partial charge < -0.3 is 4.43 Å². The van der Waals surface area contributed by atoms with E-state index in [2.05, 4.69) is 45.0 Å². The maximum atomic E-state index is 6.39. The first-order valence-corrected chi connectivity index (χ1v) is 14.1. The van der Waals surface area contributed by atoms with Crippen LogP contribution < -0.4 is 0 Å². The van der Waals surface area contributed by atoms with Crippen molar-refractivity contribution in [1.29, 1.82) is 0 Å².